The van der Waals surface area contributed by atoms with Crippen molar-refractivity contribution >= 4 is 12.9 Å². The van der Waals surface area contributed by atoms with Crippen LogP contribution >= 0.6 is 0 Å². The van der Waals surface area contributed by atoms with Crippen LogP contribution in [0.2, 0.25) is 0 Å². The summed E-state index contributed by atoms with van der Waals surface area (Å²) in [7, 11) is 0.0979. The van der Waals surface area contributed by atoms with Crippen molar-refractivity contribution in [1.82, 2.24) is 9.78 Å². The fourth-order valence-electron chi connectivity index (χ4n) is 1.40. The smallest absolute Gasteiger partial charge is 0.408 e. The Morgan fingerprint density at radius 2 is 1.85 bits per heavy atom. The molecule has 0 aliphatic heterocycles. The zero-order valence-corrected chi connectivity index (χ0v) is 12.4. The average molecular weight is 292 g/mol. The van der Waals surface area contributed by atoms with Gasteiger partial charge in [0.2, 0.25) is 0 Å². The number of hydrogen-bond acceptors (Lipinski definition) is 3. The van der Waals surface area contributed by atoms with Crippen LogP contribution in [-0.2, 0) is 11.2 Å². The van der Waals surface area contributed by atoms with Crippen molar-refractivity contribution < 1.29 is 22.9 Å². The molecule has 0 atom stereocenters. The molecule has 0 unspecified atom stereocenters. The van der Waals surface area contributed by atoms with Gasteiger partial charge in [0.05, 0.1) is 16.9 Å². The first-order valence-electron chi connectivity index (χ1n) is 6.28. The van der Waals surface area contributed by atoms with Crippen molar-refractivity contribution in [3.05, 3.63) is 11.9 Å². The summed E-state index contributed by atoms with van der Waals surface area (Å²) < 4.78 is 43.3. The number of halogens is 3. The second-order valence-electron chi connectivity index (χ2n) is 5.91. The zero-order chi connectivity index (χ0) is 15.8. The van der Waals surface area contributed by atoms with Crippen molar-refractivity contribution in [2.75, 3.05) is 0 Å². The molecule has 114 valence electrons. The van der Waals surface area contributed by atoms with Gasteiger partial charge in [-0.05, 0) is 40.1 Å². The van der Waals surface area contributed by atoms with Gasteiger partial charge in [-0.15, -0.1) is 0 Å². The Morgan fingerprint density at radius 1 is 1.30 bits per heavy atom. The molecule has 0 radical (unpaired) electrons. The number of aryl methyl sites for hydroxylation is 1. The van der Waals surface area contributed by atoms with Gasteiger partial charge in [0, 0.05) is 6.20 Å². The molecule has 0 aromatic carbocycles. The molecular weight excluding hydrogens is 272 g/mol. The molecule has 1 heterocycles. The molecule has 1 aromatic heterocycles. The van der Waals surface area contributed by atoms with E-state index in [1.807, 2.05) is 0 Å². The van der Waals surface area contributed by atoms with Crippen molar-refractivity contribution in [3.8, 4) is 0 Å². The second-order valence-corrected chi connectivity index (χ2v) is 5.91. The summed E-state index contributed by atoms with van der Waals surface area (Å²) >= 11 is 0. The van der Waals surface area contributed by atoms with E-state index in [1.165, 1.54) is 6.20 Å². The van der Waals surface area contributed by atoms with Crippen LogP contribution in [0.15, 0.2) is 6.20 Å². The lowest BCUT2D eigenvalue weighted by Gasteiger charge is -2.37. The topological polar surface area (TPSA) is 47.3 Å². The fourth-order valence-corrected chi connectivity index (χ4v) is 1.40. The summed E-state index contributed by atoms with van der Waals surface area (Å²) in [6.45, 7) is 7.19. The average Bonchev–Trinajstić information content (AvgIpc) is 2.51. The minimum atomic E-state index is -4.30. The lowest BCUT2D eigenvalue weighted by molar-refractivity contribution is -0.142. The van der Waals surface area contributed by atoms with Crippen molar-refractivity contribution in [1.29, 1.82) is 0 Å². The van der Waals surface area contributed by atoms with E-state index in [4.69, 9.17) is 4.65 Å². The lowest BCUT2D eigenvalue weighted by Crippen LogP contribution is -2.49. The maximum Gasteiger partial charge on any atom is 0.408 e. The Morgan fingerprint density at radius 3 is 2.30 bits per heavy atom. The number of alkyl halides is 3. The number of hydrogen-bond donors (Lipinski definition) is 1. The van der Waals surface area contributed by atoms with Gasteiger partial charge in [-0.3, -0.25) is 4.68 Å². The third-order valence-corrected chi connectivity index (χ3v) is 3.45. The highest BCUT2D eigenvalue weighted by atomic mass is 19.4. The van der Waals surface area contributed by atoms with Crippen LogP contribution in [0.3, 0.4) is 0 Å². The standard InChI is InChI=1S/C12H20BF3N2O2/c1-8-9(6-18(17-8)7-12(14,15)16)13-20-11(4,5)10(2,3)19/h6,13,19H,7H2,1-5H3. The van der Waals surface area contributed by atoms with Gasteiger partial charge in [-0.1, -0.05) is 0 Å². The van der Waals surface area contributed by atoms with E-state index in [9.17, 15) is 18.3 Å². The summed E-state index contributed by atoms with van der Waals surface area (Å²) in [5, 5.41) is 13.8. The van der Waals surface area contributed by atoms with Crippen LogP contribution in [-0.4, -0.2) is 39.7 Å². The molecule has 8 heteroatoms. The lowest BCUT2D eigenvalue weighted by atomic mass is 9.83. The normalized spacial score (nSPS) is 13.7. The van der Waals surface area contributed by atoms with Gasteiger partial charge in [0.1, 0.15) is 6.54 Å². The SMILES string of the molecule is Cc1nn(CC(F)(F)F)cc1BOC(C)(C)C(C)(C)O. The number of aliphatic hydroxyl groups is 1. The molecule has 0 spiro atoms. The Hall–Kier alpha value is -1.02. The molecule has 0 fully saturated rings. The molecule has 1 aromatic rings. The molecule has 0 aliphatic rings. The predicted octanol–water partition coefficient (Wildman–Crippen LogP) is 1.30. The Kier molecular flexibility index (Phi) is 4.60. The predicted molar refractivity (Wildman–Crippen MR) is 71.3 cm³/mol. The van der Waals surface area contributed by atoms with E-state index in [0.29, 0.717) is 11.2 Å². The van der Waals surface area contributed by atoms with E-state index in [1.54, 1.807) is 34.6 Å². The first kappa shape index (κ1) is 17.0. The molecule has 1 rings (SSSR count). The first-order valence-corrected chi connectivity index (χ1v) is 6.28. The van der Waals surface area contributed by atoms with Gasteiger partial charge in [-0.25, -0.2) is 0 Å². The first-order chi connectivity index (χ1) is 8.82. The van der Waals surface area contributed by atoms with Crippen molar-refractivity contribution in [2.24, 2.45) is 0 Å². The minimum absolute atomic E-state index is 0.0979. The van der Waals surface area contributed by atoms with E-state index in [-0.39, 0.29) is 7.48 Å². The van der Waals surface area contributed by atoms with Crippen LogP contribution < -0.4 is 5.46 Å². The summed E-state index contributed by atoms with van der Waals surface area (Å²) in [6, 6.07) is 0. The third-order valence-electron chi connectivity index (χ3n) is 3.45. The molecular formula is C12H20BF3N2O2. The van der Waals surface area contributed by atoms with Gasteiger partial charge < -0.3 is 9.76 Å². The van der Waals surface area contributed by atoms with E-state index >= 15 is 0 Å². The fraction of sp³-hybridized carbons (Fsp3) is 0.750. The van der Waals surface area contributed by atoms with Crippen LogP contribution in [0.4, 0.5) is 13.2 Å². The van der Waals surface area contributed by atoms with Gasteiger partial charge in [0.15, 0.2) is 0 Å². The summed E-state index contributed by atoms with van der Waals surface area (Å²) in [5.41, 5.74) is -0.832. The van der Waals surface area contributed by atoms with Crippen LogP contribution in [0.25, 0.3) is 0 Å². The zero-order valence-electron chi connectivity index (χ0n) is 12.4. The molecule has 4 nitrogen and oxygen atoms in total. The molecule has 0 saturated heterocycles. The Labute approximate surface area is 117 Å². The minimum Gasteiger partial charge on any atom is -0.427 e. The summed E-state index contributed by atoms with van der Waals surface area (Å²) in [5.74, 6) is 0. The molecule has 0 saturated carbocycles. The third kappa shape index (κ3) is 4.52. The molecule has 1 N–H and O–H groups in total. The highest BCUT2D eigenvalue weighted by Gasteiger charge is 2.36. The van der Waals surface area contributed by atoms with Gasteiger partial charge >= 0.3 is 13.7 Å². The van der Waals surface area contributed by atoms with Crippen LogP contribution in [0.5, 0.6) is 0 Å². The summed E-state index contributed by atoms with van der Waals surface area (Å²) in [6.07, 6.45) is -2.98. The quantitative estimate of drug-likeness (QED) is 0.832. The highest BCUT2D eigenvalue weighted by Crippen LogP contribution is 2.24. The number of rotatable bonds is 5. The van der Waals surface area contributed by atoms with Crippen molar-refractivity contribution in [2.45, 2.75) is 58.5 Å². The molecule has 20 heavy (non-hydrogen) atoms. The van der Waals surface area contributed by atoms with Gasteiger partial charge in [0.25, 0.3) is 0 Å². The van der Waals surface area contributed by atoms with Crippen LogP contribution in [0, 0.1) is 6.92 Å². The Balaban J connectivity index is 2.75. The monoisotopic (exact) mass is 292 g/mol. The van der Waals surface area contributed by atoms with E-state index < -0.39 is 23.9 Å². The molecule has 0 bridgehead atoms. The number of aromatic nitrogens is 2. The maximum atomic E-state index is 12.3. The van der Waals surface area contributed by atoms with E-state index in [2.05, 4.69) is 5.10 Å². The number of nitrogens with zero attached hydrogens (tertiary/aromatic N) is 2. The summed E-state index contributed by atoms with van der Waals surface area (Å²) in [4.78, 5) is 0. The second kappa shape index (κ2) is 5.40. The maximum absolute atomic E-state index is 12.3. The highest BCUT2D eigenvalue weighted by molar-refractivity contribution is 6.47. The van der Waals surface area contributed by atoms with Crippen molar-refractivity contribution in [3.63, 3.8) is 0 Å². The molecule has 0 aliphatic carbocycles. The van der Waals surface area contributed by atoms with Crippen LogP contribution in [0.1, 0.15) is 33.4 Å². The van der Waals surface area contributed by atoms with E-state index in [0.717, 1.165) is 4.68 Å². The Bertz CT molecular complexity index is 464. The largest absolute Gasteiger partial charge is 0.427 e. The molecule has 0 amide bonds. The van der Waals surface area contributed by atoms with Gasteiger partial charge in [-0.2, -0.15) is 18.3 Å².